The molecule has 2 fully saturated rings. The van der Waals surface area contributed by atoms with Crippen LogP contribution < -0.4 is 0 Å². The van der Waals surface area contributed by atoms with Gasteiger partial charge in [-0.15, -0.1) is 13.2 Å². The van der Waals surface area contributed by atoms with Crippen molar-refractivity contribution in [3.8, 4) is 0 Å². The van der Waals surface area contributed by atoms with Crippen LogP contribution in [0.25, 0.3) is 0 Å². The second-order valence-electron chi connectivity index (χ2n) is 6.41. The van der Waals surface area contributed by atoms with Crippen LogP contribution in [0.3, 0.4) is 0 Å². The number of rotatable bonds is 8. The van der Waals surface area contributed by atoms with Crippen molar-refractivity contribution in [3.63, 3.8) is 0 Å². The third-order valence-corrected chi connectivity index (χ3v) is 4.57. The number of hydrogen-bond acceptors (Lipinski definition) is 6. The minimum Gasteiger partial charge on any atom is -0.467 e. The van der Waals surface area contributed by atoms with Crippen molar-refractivity contribution in [2.24, 2.45) is 0 Å². The lowest BCUT2D eigenvalue weighted by Crippen LogP contribution is -2.61. The van der Waals surface area contributed by atoms with Crippen LogP contribution in [0.2, 0.25) is 0 Å². The van der Waals surface area contributed by atoms with Gasteiger partial charge in [0.25, 0.3) is 5.72 Å². The molecule has 2 saturated heterocycles. The van der Waals surface area contributed by atoms with Crippen molar-refractivity contribution in [1.29, 1.82) is 0 Å². The van der Waals surface area contributed by atoms with Gasteiger partial charge in [-0.1, -0.05) is 42.5 Å². The van der Waals surface area contributed by atoms with Crippen molar-refractivity contribution < 1.29 is 28.6 Å². The minimum atomic E-state index is -1.59. The van der Waals surface area contributed by atoms with E-state index in [4.69, 9.17) is 14.2 Å². The Kier molecular flexibility index (Phi) is 5.63. The molecule has 2 heterocycles. The Morgan fingerprint density at radius 2 is 2.04 bits per heavy atom. The molecular weight excluding hydrogens is 362 g/mol. The molecule has 1 unspecified atom stereocenters. The molecule has 0 bridgehead atoms. The summed E-state index contributed by atoms with van der Waals surface area (Å²) in [5.74, 6) is -0.128. The van der Waals surface area contributed by atoms with Gasteiger partial charge >= 0.3 is 6.16 Å². The van der Waals surface area contributed by atoms with E-state index in [1.165, 1.54) is 17.1 Å². The molecule has 28 heavy (non-hydrogen) atoms. The van der Waals surface area contributed by atoms with Gasteiger partial charge in [0, 0.05) is 12.0 Å². The zero-order valence-corrected chi connectivity index (χ0v) is 15.3. The largest absolute Gasteiger partial charge is 0.511 e. The van der Waals surface area contributed by atoms with E-state index in [1.807, 2.05) is 18.2 Å². The average molecular weight is 383 g/mol. The number of benzene rings is 1. The molecule has 0 N–H and O–H groups in total. The number of nitrogens with zero attached hydrogens (tertiary/aromatic N) is 1. The molecule has 0 aliphatic carbocycles. The van der Waals surface area contributed by atoms with Gasteiger partial charge in [-0.25, -0.2) is 4.79 Å². The van der Waals surface area contributed by atoms with Gasteiger partial charge in [-0.05, 0) is 12.0 Å². The molecule has 3 rings (SSSR count). The Hall–Kier alpha value is -3.35. The Balaban J connectivity index is 1.89. The summed E-state index contributed by atoms with van der Waals surface area (Å²) in [5.41, 5.74) is -0.557. The highest BCUT2D eigenvalue weighted by molar-refractivity contribution is 5.86. The third-order valence-electron chi connectivity index (χ3n) is 4.57. The average Bonchev–Trinajstić information content (AvgIpc) is 2.93. The first-order chi connectivity index (χ1) is 13.6. The van der Waals surface area contributed by atoms with E-state index in [2.05, 4.69) is 13.2 Å². The molecule has 1 aromatic carbocycles. The highest BCUT2D eigenvalue weighted by Gasteiger charge is 2.63. The molecule has 2 atom stereocenters. The maximum absolute atomic E-state index is 12.4. The number of carbonyl (C=O) groups excluding carboxylic acids is 3. The van der Waals surface area contributed by atoms with E-state index >= 15 is 0 Å². The van der Waals surface area contributed by atoms with Crippen LogP contribution in [-0.2, 0) is 30.4 Å². The lowest BCUT2D eigenvalue weighted by molar-refractivity contribution is -0.180. The smallest absolute Gasteiger partial charge is 0.467 e. The Bertz CT molecular complexity index is 831. The van der Waals surface area contributed by atoms with Gasteiger partial charge in [0.05, 0.1) is 6.42 Å². The lowest BCUT2D eigenvalue weighted by atomic mass is 9.97. The number of allylic oxidation sites excluding steroid dienone is 2. The van der Waals surface area contributed by atoms with Crippen molar-refractivity contribution in [2.45, 2.75) is 37.8 Å². The molecule has 0 saturated carbocycles. The van der Waals surface area contributed by atoms with Crippen LogP contribution in [0.5, 0.6) is 0 Å². The monoisotopic (exact) mass is 383 g/mol. The predicted molar refractivity (Wildman–Crippen MR) is 99.5 cm³/mol. The first kappa shape index (κ1) is 19.4. The summed E-state index contributed by atoms with van der Waals surface area (Å²) in [6.07, 6.45) is 2.48. The van der Waals surface area contributed by atoms with E-state index in [1.54, 1.807) is 12.1 Å². The summed E-state index contributed by atoms with van der Waals surface area (Å²) in [4.78, 5) is 37.6. The van der Waals surface area contributed by atoms with Gasteiger partial charge in [-0.2, -0.15) is 0 Å². The van der Waals surface area contributed by atoms with Gasteiger partial charge in [0.1, 0.15) is 12.9 Å². The molecule has 1 amide bonds. The fraction of sp³-hybridized carbons (Fsp3) is 0.286. The van der Waals surface area contributed by atoms with E-state index < -0.39 is 18.1 Å². The summed E-state index contributed by atoms with van der Waals surface area (Å²) >= 11 is 0. The van der Waals surface area contributed by atoms with Crippen LogP contribution in [-0.4, -0.2) is 35.2 Å². The van der Waals surface area contributed by atoms with Crippen molar-refractivity contribution in [2.75, 3.05) is 0 Å². The molecular formula is C21H21NO6. The number of ether oxygens (including phenoxy) is 3. The SMILES string of the molecule is C=CCC(C=O)=C1O[C@@H]2CC(=O)N2C1(CC=C)OC(=O)OCc1ccccc1. The number of carbonyl (C=O) groups is 3. The Morgan fingerprint density at radius 1 is 1.29 bits per heavy atom. The quantitative estimate of drug-likeness (QED) is 0.225. The topological polar surface area (TPSA) is 82.1 Å². The fourth-order valence-corrected chi connectivity index (χ4v) is 3.34. The van der Waals surface area contributed by atoms with E-state index in [0.717, 1.165) is 5.56 Å². The van der Waals surface area contributed by atoms with Gasteiger partial charge in [-0.3, -0.25) is 14.5 Å². The van der Waals surface area contributed by atoms with Crippen LogP contribution in [0, 0.1) is 0 Å². The molecule has 0 aromatic heterocycles. The number of aldehydes is 1. The fourth-order valence-electron chi connectivity index (χ4n) is 3.34. The van der Waals surface area contributed by atoms with E-state index in [9.17, 15) is 14.4 Å². The first-order valence-corrected chi connectivity index (χ1v) is 8.85. The molecule has 7 heteroatoms. The summed E-state index contributed by atoms with van der Waals surface area (Å²) in [6.45, 7) is 7.32. The van der Waals surface area contributed by atoms with Gasteiger partial charge in [0.2, 0.25) is 5.91 Å². The lowest BCUT2D eigenvalue weighted by Gasteiger charge is -2.41. The molecule has 0 radical (unpaired) electrons. The minimum absolute atomic E-state index is 0.00825. The molecule has 2 aliphatic heterocycles. The predicted octanol–water partition coefficient (Wildman–Crippen LogP) is 3.23. The molecule has 1 aromatic rings. The third kappa shape index (κ3) is 3.43. The van der Waals surface area contributed by atoms with Gasteiger partial charge < -0.3 is 14.2 Å². The standard InChI is InChI=1S/C21H21NO6/c1-3-8-16(13-23)19-21(11-4-2,22-17(24)12-18(22)27-19)28-20(25)26-14-15-9-6-5-7-10-15/h3-7,9-10,13,18H,1-2,8,11-12,14H2/t18-,21?/m1/s1. The van der Waals surface area contributed by atoms with E-state index in [-0.39, 0.29) is 43.1 Å². The molecule has 7 nitrogen and oxygen atoms in total. The molecule has 146 valence electrons. The van der Waals surface area contributed by atoms with Gasteiger partial charge in [0.15, 0.2) is 12.0 Å². The second kappa shape index (κ2) is 8.12. The van der Waals surface area contributed by atoms with Crippen molar-refractivity contribution in [3.05, 3.63) is 72.5 Å². The number of amides is 1. The molecule has 2 aliphatic rings. The second-order valence-corrected chi connectivity index (χ2v) is 6.41. The summed E-state index contributed by atoms with van der Waals surface area (Å²) in [7, 11) is 0. The zero-order chi connectivity index (χ0) is 20.1. The highest BCUT2D eigenvalue weighted by Crippen LogP contribution is 2.48. The maximum atomic E-state index is 12.4. The van der Waals surface area contributed by atoms with Crippen molar-refractivity contribution >= 4 is 18.3 Å². The molecule has 0 spiro atoms. The zero-order valence-electron chi connectivity index (χ0n) is 15.3. The Morgan fingerprint density at radius 3 is 2.64 bits per heavy atom. The van der Waals surface area contributed by atoms with Crippen molar-refractivity contribution in [1.82, 2.24) is 4.90 Å². The summed E-state index contributed by atoms with van der Waals surface area (Å²) < 4.78 is 16.6. The van der Waals surface area contributed by atoms with Crippen LogP contribution >= 0.6 is 0 Å². The summed E-state index contributed by atoms with van der Waals surface area (Å²) in [5, 5.41) is 0. The highest BCUT2D eigenvalue weighted by atomic mass is 16.8. The number of fused-ring (bicyclic) bond motifs is 1. The normalized spacial score (nSPS) is 24.4. The van der Waals surface area contributed by atoms with Crippen LogP contribution in [0.1, 0.15) is 24.8 Å². The number of β-lactam (4-membered cyclic amide) rings is 1. The first-order valence-electron chi connectivity index (χ1n) is 8.85. The maximum Gasteiger partial charge on any atom is 0.511 e. The number of hydrogen-bond donors (Lipinski definition) is 0. The van der Waals surface area contributed by atoms with Crippen LogP contribution in [0.15, 0.2) is 67.0 Å². The Labute approximate surface area is 162 Å². The summed E-state index contributed by atoms with van der Waals surface area (Å²) in [6, 6.07) is 9.11. The van der Waals surface area contributed by atoms with Crippen LogP contribution in [0.4, 0.5) is 4.79 Å². The van der Waals surface area contributed by atoms with E-state index in [0.29, 0.717) is 6.29 Å².